The number of fused-ring (bicyclic) bond motifs is 3. The van der Waals surface area contributed by atoms with Gasteiger partial charge in [0.2, 0.25) is 23.6 Å². The van der Waals surface area contributed by atoms with Crippen LogP contribution in [0.1, 0.15) is 51.5 Å². The van der Waals surface area contributed by atoms with Crippen LogP contribution in [0.5, 0.6) is 0 Å². The highest BCUT2D eigenvalue weighted by Crippen LogP contribution is 2.28. The fraction of sp³-hybridized carbons (Fsp3) is 0.462. The number of hydrogen-bond acceptors (Lipinski definition) is 8. The third kappa shape index (κ3) is 9.10. The molecule has 2 aromatic rings. The molecule has 16 heteroatoms. The highest BCUT2D eigenvalue weighted by Gasteiger charge is 2.45. The number of allylic oxidation sites excluding steroid dienone is 1. The molecule has 0 unspecified atom stereocenters. The maximum Gasteiger partial charge on any atom is 0.328 e. The molecule has 6 rings (SSSR count). The average Bonchev–Trinajstić information content (AvgIpc) is 3.83. The summed E-state index contributed by atoms with van der Waals surface area (Å²) in [6.45, 7) is 3.48. The van der Waals surface area contributed by atoms with Crippen LogP contribution in [-0.4, -0.2) is 113 Å². The van der Waals surface area contributed by atoms with E-state index in [1.165, 1.54) is 21.6 Å². The maximum absolute atomic E-state index is 14.5. The van der Waals surface area contributed by atoms with Gasteiger partial charge in [-0.15, -0.1) is 0 Å². The van der Waals surface area contributed by atoms with E-state index in [1.807, 2.05) is 13.0 Å². The van der Waals surface area contributed by atoms with Gasteiger partial charge in [0.15, 0.2) is 0 Å². The predicted molar refractivity (Wildman–Crippen MR) is 201 cm³/mol. The minimum Gasteiger partial charge on any atom is -0.461 e. The SMILES string of the molecule is C[C@@H]1C[C@H]2C(=O)OC[C@H](NC(=O)[C@H](Cc3ccccc3)NC(=O)Nc3ccccc3Cl)C(=O)N3CCC[C@H]3C(=O)N3CCCC=C3C(=O)N[C@@H](C)C(=O)N2C1. The number of ether oxygens (including phenoxy) is 1. The number of para-hydroxylation sites is 1. The largest absolute Gasteiger partial charge is 0.461 e. The second-order valence-electron chi connectivity index (χ2n) is 14.5. The van der Waals surface area contributed by atoms with Crippen LogP contribution in [0, 0.1) is 5.92 Å². The summed E-state index contributed by atoms with van der Waals surface area (Å²) in [5, 5.41) is 11.0. The first-order valence-electron chi connectivity index (χ1n) is 18.7. The van der Waals surface area contributed by atoms with Gasteiger partial charge in [-0.2, -0.15) is 0 Å². The summed E-state index contributed by atoms with van der Waals surface area (Å²) in [5.74, 6) is -3.82. The third-order valence-corrected chi connectivity index (χ3v) is 10.7. The highest BCUT2D eigenvalue weighted by atomic mass is 35.5. The van der Waals surface area contributed by atoms with Gasteiger partial charge in [0.25, 0.3) is 5.91 Å². The summed E-state index contributed by atoms with van der Waals surface area (Å²) in [6, 6.07) is 9.17. The van der Waals surface area contributed by atoms with Crippen LogP contribution < -0.4 is 21.3 Å². The Bertz CT molecular complexity index is 1860. The predicted octanol–water partition coefficient (Wildman–Crippen LogP) is 2.35. The molecule has 4 heterocycles. The molecule has 0 radical (unpaired) electrons. The number of anilines is 1. The Labute approximate surface area is 324 Å². The molecule has 0 aromatic heterocycles. The van der Waals surface area contributed by atoms with Gasteiger partial charge in [-0.25, -0.2) is 9.59 Å². The van der Waals surface area contributed by atoms with Crippen molar-refractivity contribution in [3.8, 4) is 0 Å². The molecule has 3 saturated heterocycles. The summed E-state index contributed by atoms with van der Waals surface area (Å²) in [5.41, 5.74) is 1.13. The van der Waals surface area contributed by atoms with Gasteiger partial charge in [0.1, 0.15) is 42.5 Å². The van der Waals surface area contributed by atoms with Crippen molar-refractivity contribution in [1.82, 2.24) is 30.7 Å². The number of nitrogens with one attached hydrogen (secondary N) is 4. The zero-order chi connectivity index (χ0) is 39.2. The van der Waals surface area contributed by atoms with E-state index in [-0.39, 0.29) is 42.7 Å². The molecule has 3 fully saturated rings. The van der Waals surface area contributed by atoms with E-state index >= 15 is 0 Å². The first-order chi connectivity index (χ1) is 26.4. The van der Waals surface area contributed by atoms with Crippen molar-refractivity contribution in [3.63, 3.8) is 0 Å². The van der Waals surface area contributed by atoms with Crippen molar-refractivity contribution < 1.29 is 38.3 Å². The molecule has 0 aliphatic carbocycles. The van der Waals surface area contributed by atoms with E-state index in [2.05, 4.69) is 21.3 Å². The van der Waals surface area contributed by atoms with Crippen LogP contribution in [0.15, 0.2) is 66.4 Å². The van der Waals surface area contributed by atoms with Crippen molar-refractivity contribution in [2.75, 3.05) is 31.6 Å². The monoisotopic (exact) mass is 775 g/mol. The number of esters is 1. The molecule has 4 aliphatic rings. The number of nitrogens with zero attached hydrogens (tertiary/aromatic N) is 3. The number of cyclic esters (lactones) is 1. The minimum atomic E-state index is -1.47. The normalized spacial score (nSPS) is 25.5. The fourth-order valence-corrected chi connectivity index (χ4v) is 7.75. The van der Waals surface area contributed by atoms with Crippen molar-refractivity contribution >= 4 is 58.8 Å². The average molecular weight is 776 g/mol. The number of halogens is 1. The lowest BCUT2D eigenvalue weighted by molar-refractivity contribution is -0.157. The van der Waals surface area contributed by atoms with Crippen LogP contribution >= 0.6 is 11.6 Å². The van der Waals surface area contributed by atoms with E-state index < -0.39 is 78.4 Å². The minimum absolute atomic E-state index is 0.0372. The van der Waals surface area contributed by atoms with Gasteiger partial charge in [0, 0.05) is 26.1 Å². The summed E-state index contributed by atoms with van der Waals surface area (Å²) >= 11 is 6.25. The van der Waals surface area contributed by atoms with E-state index in [0.29, 0.717) is 43.4 Å². The quantitative estimate of drug-likeness (QED) is 0.322. The molecule has 15 nitrogen and oxygen atoms in total. The number of rotatable bonds is 6. The molecule has 292 valence electrons. The van der Waals surface area contributed by atoms with Gasteiger partial charge in [-0.05, 0) is 62.6 Å². The van der Waals surface area contributed by atoms with Crippen LogP contribution in [-0.2, 0) is 39.9 Å². The summed E-state index contributed by atoms with van der Waals surface area (Å²) in [4.78, 5) is 101. The van der Waals surface area contributed by atoms with Gasteiger partial charge in [0.05, 0.1) is 10.7 Å². The number of urea groups is 1. The summed E-state index contributed by atoms with van der Waals surface area (Å²) < 4.78 is 5.72. The van der Waals surface area contributed by atoms with Crippen LogP contribution in [0.4, 0.5) is 10.5 Å². The molecular weight excluding hydrogens is 730 g/mol. The van der Waals surface area contributed by atoms with Crippen LogP contribution in [0.2, 0.25) is 5.02 Å². The Kier molecular flexibility index (Phi) is 12.4. The molecule has 2 aromatic carbocycles. The third-order valence-electron chi connectivity index (χ3n) is 10.4. The second-order valence-corrected chi connectivity index (χ2v) is 14.9. The molecule has 4 N–H and O–H groups in total. The van der Waals surface area contributed by atoms with Gasteiger partial charge < -0.3 is 40.7 Å². The smallest absolute Gasteiger partial charge is 0.328 e. The molecule has 4 aliphatic heterocycles. The molecule has 6 atom stereocenters. The fourth-order valence-electron chi connectivity index (χ4n) is 7.57. The van der Waals surface area contributed by atoms with Gasteiger partial charge in [-0.1, -0.05) is 67.1 Å². The zero-order valence-electron chi connectivity index (χ0n) is 30.8. The highest BCUT2D eigenvalue weighted by molar-refractivity contribution is 6.33. The zero-order valence-corrected chi connectivity index (χ0v) is 31.6. The number of amides is 7. The molecule has 7 amide bonds. The first-order valence-corrected chi connectivity index (χ1v) is 19.1. The van der Waals surface area contributed by atoms with Crippen molar-refractivity contribution in [3.05, 3.63) is 77.0 Å². The van der Waals surface area contributed by atoms with E-state index in [9.17, 15) is 33.6 Å². The molecular formula is C39H46ClN7O8. The van der Waals surface area contributed by atoms with Crippen molar-refractivity contribution in [1.29, 1.82) is 0 Å². The van der Waals surface area contributed by atoms with Crippen LogP contribution in [0.3, 0.4) is 0 Å². The first kappa shape index (κ1) is 39.3. The number of carbonyl (C=O) groups excluding carboxylic acids is 7. The van der Waals surface area contributed by atoms with E-state index in [0.717, 1.165) is 0 Å². The number of hydrogen-bond donors (Lipinski definition) is 4. The standard InChI is InChI=1S/C39H46ClN7O8/c1-23-19-32-38(53)55-22-29(42-33(48)28(20-25-11-4-3-5-12-25)44-39(54)43-27-14-7-6-13-26(27)40)36(51)46-18-10-16-31(46)37(52)45-17-9-8-15-30(45)34(49)41-24(2)35(50)47(32)21-23/h3-7,11-15,23-24,28-29,31-32H,8-10,16-22H2,1-2H3,(H,41,49)(H,42,48)(H2,43,44,54)/t23-,24+,28+,29+,31+,32+/m1/s1. The lowest BCUT2D eigenvalue weighted by Crippen LogP contribution is -2.60. The summed E-state index contributed by atoms with van der Waals surface area (Å²) in [7, 11) is 0. The lowest BCUT2D eigenvalue weighted by Gasteiger charge is -2.35. The molecule has 0 spiro atoms. The number of carbonyl (C=O) groups is 7. The number of benzene rings is 2. The topological polar surface area (TPSA) is 187 Å². The van der Waals surface area contributed by atoms with Crippen LogP contribution in [0.25, 0.3) is 0 Å². The molecule has 0 saturated carbocycles. The Hall–Kier alpha value is -5.44. The maximum atomic E-state index is 14.5. The Morgan fingerprint density at radius 1 is 0.909 bits per heavy atom. The van der Waals surface area contributed by atoms with Crippen molar-refractivity contribution in [2.24, 2.45) is 5.92 Å². The van der Waals surface area contributed by atoms with Crippen molar-refractivity contribution in [2.45, 2.75) is 82.6 Å². The second kappa shape index (κ2) is 17.4. The van der Waals surface area contributed by atoms with Gasteiger partial charge >= 0.3 is 12.0 Å². The van der Waals surface area contributed by atoms with Gasteiger partial charge in [-0.3, -0.25) is 24.0 Å². The Balaban J connectivity index is 1.30. The summed E-state index contributed by atoms with van der Waals surface area (Å²) in [6.07, 6.45) is 3.91. The Morgan fingerprint density at radius 2 is 1.65 bits per heavy atom. The molecule has 55 heavy (non-hydrogen) atoms. The van der Waals surface area contributed by atoms with E-state index in [4.69, 9.17) is 16.3 Å². The Morgan fingerprint density at radius 3 is 2.42 bits per heavy atom. The molecule has 0 bridgehead atoms. The van der Waals surface area contributed by atoms with E-state index in [1.54, 1.807) is 54.6 Å². The lowest BCUT2D eigenvalue weighted by atomic mass is 10.0.